The number of hydrogen-bond acceptors (Lipinski definition) is 2. The van der Waals surface area contributed by atoms with Crippen LogP contribution in [-0.4, -0.2) is 6.79 Å². The van der Waals surface area contributed by atoms with Crippen molar-refractivity contribution in [1.82, 2.24) is 0 Å². The summed E-state index contributed by atoms with van der Waals surface area (Å²) < 4.78 is 10.8. The van der Waals surface area contributed by atoms with Gasteiger partial charge in [-0.1, -0.05) is 78.8 Å². The van der Waals surface area contributed by atoms with Crippen molar-refractivity contribution in [3.63, 3.8) is 0 Å². The Kier molecular flexibility index (Phi) is 15.8. The van der Waals surface area contributed by atoms with Gasteiger partial charge in [-0.15, -0.1) is 0 Å². The lowest BCUT2D eigenvalue weighted by Gasteiger charge is -2.07. The van der Waals surface area contributed by atoms with E-state index in [-0.39, 0.29) is 6.10 Å². The normalized spacial score (nSPS) is 17.6. The molecular formula is C19H34O2. The summed E-state index contributed by atoms with van der Waals surface area (Å²) >= 11 is 0. The minimum Gasteiger partial charge on any atom is -0.469 e. The zero-order chi connectivity index (χ0) is 16.7. The van der Waals surface area contributed by atoms with Crippen LogP contribution in [0.3, 0.4) is 0 Å². The lowest BCUT2D eigenvalue weighted by Crippen LogP contribution is -1.97. The Hall–Kier alpha value is -1.28. The van der Waals surface area contributed by atoms with E-state index in [2.05, 4.69) is 20.8 Å². The van der Waals surface area contributed by atoms with Crippen molar-refractivity contribution in [1.29, 1.82) is 0 Å². The molecule has 0 radical (unpaired) electrons. The molecule has 0 aliphatic carbocycles. The summed E-state index contributed by atoms with van der Waals surface area (Å²) in [5.74, 6) is 1.74. The third kappa shape index (κ3) is 10.1. The van der Waals surface area contributed by atoms with E-state index in [0.29, 0.717) is 6.79 Å². The quantitative estimate of drug-likeness (QED) is 0.600. The van der Waals surface area contributed by atoms with Gasteiger partial charge < -0.3 is 9.47 Å². The molecule has 2 heteroatoms. The van der Waals surface area contributed by atoms with Gasteiger partial charge >= 0.3 is 0 Å². The Morgan fingerprint density at radius 1 is 1.00 bits per heavy atom. The standard InChI is InChI=1S/C11H12O2.C4H10.2C2H6/c1-2-10-11(13-8-12-10)9-6-4-3-5-7-9;1-4(2)3;2*1-2/h2-7,11H,8H2,1H3;4H,1-3H3;2*1-2H3. The van der Waals surface area contributed by atoms with Gasteiger partial charge in [-0.2, -0.15) is 0 Å². The zero-order valence-corrected chi connectivity index (χ0v) is 15.1. The second-order valence-corrected chi connectivity index (χ2v) is 4.64. The first-order chi connectivity index (χ1) is 10.1. The van der Waals surface area contributed by atoms with Crippen molar-refractivity contribution >= 4 is 0 Å². The fourth-order valence-corrected chi connectivity index (χ4v) is 1.45. The first kappa shape index (κ1) is 22.0. The van der Waals surface area contributed by atoms with Crippen molar-refractivity contribution < 1.29 is 9.47 Å². The Morgan fingerprint density at radius 2 is 1.48 bits per heavy atom. The van der Waals surface area contributed by atoms with Crippen LogP contribution in [0.2, 0.25) is 0 Å². The van der Waals surface area contributed by atoms with Gasteiger partial charge in [0.25, 0.3) is 0 Å². The van der Waals surface area contributed by atoms with Crippen LogP contribution in [0.5, 0.6) is 0 Å². The second-order valence-electron chi connectivity index (χ2n) is 4.64. The van der Waals surface area contributed by atoms with Crippen LogP contribution < -0.4 is 0 Å². The van der Waals surface area contributed by atoms with Gasteiger partial charge in [-0.05, 0) is 24.5 Å². The van der Waals surface area contributed by atoms with Crippen molar-refractivity contribution in [2.75, 3.05) is 6.79 Å². The van der Waals surface area contributed by atoms with E-state index >= 15 is 0 Å². The lowest BCUT2D eigenvalue weighted by atomic mass is 10.1. The molecule has 1 saturated heterocycles. The molecule has 1 fully saturated rings. The number of benzene rings is 1. The van der Waals surface area contributed by atoms with E-state index in [9.17, 15) is 0 Å². The third-order valence-corrected chi connectivity index (χ3v) is 2.11. The molecule has 1 atom stereocenters. The third-order valence-electron chi connectivity index (χ3n) is 2.11. The fourth-order valence-electron chi connectivity index (χ4n) is 1.45. The van der Waals surface area contributed by atoms with Crippen molar-refractivity contribution in [2.24, 2.45) is 5.92 Å². The minimum absolute atomic E-state index is 0.00815. The highest BCUT2D eigenvalue weighted by molar-refractivity contribution is 5.24. The monoisotopic (exact) mass is 294 g/mol. The van der Waals surface area contributed by atoms with Gasteiger partial charge in [-0.25, -0.2) is 0 Å². The zero-order valence-electron chi connectivity index (χ0n) is 15.1. The molecule has 122 valence electrons. The summed E-state index contributed by atoms with van der Waals surface area (Å²) in [7, 11) is 0. The molecule has 0 amide bonds. The Labute approximate surface area is 132 Å². The molecular weight excluding hydrogens is 260 g/mol. The predicted octanol–water partition coefficient (Wildman–Crippen LogP) is 6.35. The molecule has 1 aromatic rings. The number of rotatable bonds is 1. The van der Waals surface area contributed by atoms with E-state index in [1.165, 1.54) is 0 Å². The first-order valence-electron chi connectivity index (χ1n) is 8.10. The molecule has 0 N–H and O–H groups in total. The largest absolute Gasteiger partial charge is 0.469 e. The lowest BCUT2D eigenvalue weighted by molar-refractivity contribution is 0.0493. The van der Waals surface area contributed by atoms with E-state index in [1.807, 2.05) is 71.0 Å². The van der Waals surface area contributed by atoms with Crippen LogP contribution >= 0.6 is 0 Å². The summed E-state index contributed by atoms with van der Waals surface area (Å²) in [6.07, 6.45) is 1.94. The Balaban J connectivity index is 0. The number of ether oxygens (including phenoxy) is 2. The molecule has 1 unspecified atom stereocenters. The second kappa shape index (κ2) is 15.1. The minimum atomic E-state index is -0.00815. The molecule has 0 saturated carbocycles. The van der Waals surface area contributed by atoms with Gasteiger partial charge in [0.05, 0.1) is 0 Å². The molecule has 0 aromatic heterocycles. The summed E-state index contributed by atoms with van der Waals surface area (Å²) in [5.41, 5.74) is 1.15. The van der Waals surface area contributed by atoms with Gasteiger partial charge in [-0.3, -0.25) is 0 Å². The molecule has 21 heavy (non-hydrogen) atoms. The maximum atomic E-state index is 5.45. The smallest absolute Gasteiger partial charge is 0.190 e. The Bertz CT molecular complexity index is 339. The van der Waals surface area contributed by atoms with E-state index in [1.54, 1.807) is 0 Å². The SMILES string of the molecule is CC.CC.CC(C)C.CC=C1OCOC1c1ccccc1. The van der Waals surface area contributed by atoms with Gasteiger partial charge in [0.1, 0.15) is 11.9 Å². The van der Waals surface area contributed by atoms with Crippen molar-refractivity contribution in [3.05, 3.63) is 47.7 Å². The van der Waals surface area contributed by atoms with Crippen LogP contribution in [0.15, 0.2) is 42.2 Å². The molecule has 1 aromatic carbocycles. The number of allylic oxidation sites excluding steroid dienone is 1. The highest BCUT2D eigenvalue weighted by atomic mass is 16.7. The van der Waals surface area contributed by atoms with Gasteiger partial charge in [0.2, 0.25) is 0 Å². The Morgan fingerprint density at radius 3 is 1.90 bits per heavy atom. The van der Waals surface area contributed by atoms with E-state index in [0.717, 1.165) is 17.2 Å². The van der Waals surface area contributed by atoms with E-state index in [4.69, 9.17) is 9.47 Å². The van der Waals surface area contributed by atoms with Crippen LogP contribution in [0.4, 0.5) is 0 Å². The molecule has 1 heterocycles. The number of hydrogen-bond donors (Lipinski definition) is 0. The first-order valence-corrected chi connectivity index (χ1v) is 8.10. The van der Waals surface area contributed by atoms with Crippen molar-refractivity contribution in [2.45, 2.75) is 61.5 Å². The van der Waals surface area contributed by atoms with E-state index < -0.39 is 0 Å². The maximum Gasteiger partial charge on any atom is 0.190 e. The summed E-state index contributed by atoms with van der Waals surface area (Å²) in [4.78, 5) is 0. The predicted molar refractivity (Wildman–Crippen MR) is 93.2 cm³/mol. The molecule has 1 aliphatic rings. The summed E-state index contributed by atoms with van der Waals surface area (Å²) in [5, 5.41) is 0. The van der Waals surface area contributed by atoms with Crippen LogP contribution in [0, 0.1) is 5.92 Å². The molecule has 2 rings (SSSR count). The summed E-state index contributed by atoms with van der Waals surface area (Å²) in [6, 6.07) is 10.1. The van der Waals surface area contributed by atoms with Gasteiger partial charge in [0, 0.05) is 0 Å². The molecule has 1 aliphatic heterocycles. The molecule has 0 bridgehead atoms. The summed E-state index contributed by atoms with van der Waals surface area (Å²) in [6.45, 7) is 16.8. The highest BCUT2D eigenvalue weighted by Gasteiger charge is 2.23. The van der Waals surface area contributed by atoms with Gasteiger partial charge in [0.15, 0.2) is 6.79 Å². The molecule has 2 nitrogen and oxygen atoms in total. The maximum absolute atomic E-state index is 5.45. The fraction of sp³-hybridized carbons (Fsp3) is 0.579. The topological polar surface area (TPSA) is 18.5 Å². The van der Waals surface area contributed by atoms with Crippen LogP contribution in [-0.2, 0) is 9.47 Å². The van der Waals surface area contributed by atoms with Crippen LogP contribution in [0.25, 0.3) is 0 Å². The van der Waals surface area contributed by atoms with Crippen LogP contribution in [0.1, 0.15) is 67.1 Å². The molecule has 0 spiro atoms. The average molecular weight is 294 g/mol. The average Bonchev–Trinajstić information content (AvgIpc) is 3.00. The van der Waals surface area contributed by atoms with Crippen molar-refractivity contribution in [3.8, 4) is 0 Å². The highest BCUT2D eigenvalue weighted by Crippen LogP contribution is 2.31.